The summed E-state index contributed by atoms with van der Waals surface area (Å²) in [5.74, 6) is -0.470. The van der Waals surface area contributed by atoms with E-state index in [4.69, 9.17) is 11.6 Å². The molecule has 1 heterocycles. The summed E-state index contributed by atoms with van der Waals surface area (Å²) in [6.07, 6.45) is 3.52. The fraction of sp³-hybridized carbons (Fsp3) is 0.269. The van der Waals surface area contributed by atoms with Crippen molar-refractivity contribution < 1.29 is 13.2 Å². The number of carbonyl (C=O) groups excluding carboxylic acids is 1. The van der Waals surface area contributed by atoms with Gasteiger partial charge in [-0.25, -0.2) is 8.42 Å². The van der Waals surface area contributed by atoms with Crippen LogP contribution in [0, 0.1) is 6.92 Å². The summed E-state index contributed by atoms with van der Waals surface area (Å²) in [7, 11) is -3.89. The number of hydrogen-bond acceptors (Lipinski definition) is 4. The van der Waals surface area contributed by atoms with Gasteiger partial charge in [0.25, 0.3) is 15.9 Å². The van der Waals surface area contributed by atoms with Crippen molar-refractivity contribution in [2.75, 3.05) is 29.7 Å². The van der Waals surface area contributed by atoms with E-state index in [1.54, 1.807) is 18.2 Å². The van der Waals surface area contributed by atoms with Crippen molar-refractivity contribution in [3.63, 3.8) is 0 Å². The number of anilines is 2. The normalized spacial score (nSPS) is 14.2. The van der Waals surface area contributed by atoms with Gasteiger partial charge >= 0.3 is 0 Å². The Kier molecular flexibility index (Phi) is 7.56. The molecule has 0 aromatic heterocycles. The van der Waals surface area contributed by atoms with E-state index in [-0.39, 0.29) is 15.5 Å². The van der Waals surface area contributed by atoms with Crippen LogP contribution in [0.5, 0.6) is 0 Å². The number of benzene rings is 3. The number of nitrogens with one attached hydrogen (secondary N) is 2. The van der Waals surface area contributed by atoms with Crippen molar-refractivity contribution in [2.45, 2.75) is 31.1 Å². The van der Waals surface area contributed by atoms with Gasteiger partial charge < -0.3 is 10.2 Å². The lowest BCUT2D eigenvalue weighted by Gasteiger charge is -2.14. The lowest BCUT2D eigenvalue weighted by atomic mass is 10.1. The zero-order chi connectivity index (χ0) is 24.1. The van der Waals surface area contributed by atoms with Crippen molar-refractivity contribution in [2.24, 2.45) is 0 Å². The SMILES string of the molecule is Cc1cccc(NS(=O)(=O)c2ccc(Cl)c(C(=O)Nc3ccc(CCN4CCCC4)cc3)c2)c1. The number of aryl methyl sites for hydroxylation is 1. The Balaban J connectivity index is 1.44. The second-order valence-corrected chi connectivity index (χ2v) is 10.7. The van der Waals surface area contributed by atoms with Crippen molar-refractivity contribution >= 4 is 38.9 Å². The first-order valence-corrected chi connectivity index (χ1v) is 13.2. The van der Waals surface area contributed by atoms with Gasteiger partial charge in [-0.15, -0.1) is 0 Å². The standard InChI is InChI=1S/C26H28ClN3O3S/c1-19-5-4-6-22(17-19)29-34(32,33)23-11-12-25(27)24(18-23)26(31)28-21-9-7-20(8-10-21)13-16-30-14-2-3-15-30/h4-12,17-18,29H,2-3,13-16H2,1H3,(H,28,31). The Hall–Kier alpha value is -2.87. The summed E-state index contributed by atoms with van der Waals surface area (Å²) in [6, 6.07) is 18.8. The molecule has 178 valence electrons. The maximum absolute atomic E-state index is 12.9. The fourth-order valence-corrected chi connectivity index (χ4v) is 5.29. The van der Waals surface area contributed by atoms with Crippen LogP contribution in [0.2, 0.25) is 5.02 Å². The first kappa shape index (κ1) is 24.3. The van der Waals surface area contributed by atoms with Gasteiger partial charge in [0, 0.05) is 17.9 Å². The zero-order valence-electron chi connectivity index (χ0n) is 19.1. The Morgan fingerprint density at radius 3 is 2.41 bits per heavy atom. The second kappa shape index (κ2) is 10.6. The molecule has 0 unspecified atom stereocenters. The molecule has 8 heteroatoms. The van der Waals surface area contributed by atoms with E-state index in [9.17, 15) is 13.2 Å². The number of nitrogens with zero attached hydrogens (tertiary/aromatic N) is 1. The van der Waals surface area contributed by atoms with E-state index in [1.807, 2.05) is 37.3 Å². The Morgan fingerprint density at radius 1 is 0.971 bits per heavy atom. The van der Waals surface area contributed by atoms with Crippen molar-refractivity contribution in [1.29, 1.82) is 0 Å². The molecule has 1 fully saturated rings. The average molecular weight is 498 g/mol. The van der Waals surface area contributed by atoms with E-state index >= 15 is 0 Å². The molecule has 0 spiro atoms. The molecule has 2 N–H and O–H groups in total. The maximum Gasteiger partial charge on any atom is 0.261 e. The topological polar surface area (TPSA) is 78.5 Å². The highest BCUT2D eigenvalue weighted by molar-refractivity contribution is 7.92. The predicted octanol–water partition coefficient (Wildman–Crippen LogP) is 5.34. The van der Waals surface area contributed by atoms with Crippen LogP contribution in [0.4, 0.5) is 11.4 Å². The molecule has 4 rings (SSSR count). The van der Waals surface area contributed by atoms with Gasteiger partial charge in [0.1, 0.15) is 0 Å². The molecule has 0 aliphatic carbocycles. The predicted molar refractivity (Wildman–Crippen MR) is 137 cm³/mol. The quantitative estimate of drug-likeness (QED) is 0.440. The molecule has 1 aliphatic heterocycles. The molecule has 0 atom stereocenters. The van der Waals surface area contributed by atoms with Crippen LogP contribution in [0.25, 0.3) is 0 Å². The third-order valence-corrected chi connectivity index (χ3v) is 7.60. The van der Waals surface area contributed by atoms with Crippen molar-refractivity contribution in [3.05, 3.63) is 88.4 Å². The smallest absolute Gasteiger partial charge is 0.261 e. The fourth-order valence-electron chi connectivity index (χ4n) is 4.01. The first-order valence-electron chi connectivity index (χ1n) is 11.3. The van der Waals surface area contributed by atoms with Crippen LogP contribution in [-0.4, -0.2) is 38.9 Å². The third-order valence-electron chi connectivity index (χ3n) is 5.89. The molecule has 1 aliphatic rings. The van der Waals surface area contributed by atoms with E-state index in [2.05, 4.69) is 14.9 Å². The molecular weight excluding hydrogens is 470 g/mol. The molecule has 0 saturated carbocycles. The summed E-state index contributed by atoms with van der Waals surface area (Å²) in [4.78, 5) is 15.3. The highest BCUT2D eigenvalue weighted by Gasteiger charge is 2.19. The van der Waals surface area contributed by atoms with Crippen LogP contribution < -0.4 is 10.0 Å². The third kappa shape index (κ3) is 6.17. The van der Waals surface area contributed by atoms with Gasteiger partial charge in [-0.05, 0) is 92.9 Å². The minimum atomic E-state index is -3.89. The molecule has 3 aromatic carbocycles. The number of amides is 1. The number of sulfonamides is 1. The highest BCUT2D eigenvalue weighted by atomic mass is 35.5. The van der Waals surface area contributed by atoms with Gasteiger partial charge in [0.05, 0.1) is 15.5 Å². The largest absolute Gasteiger partial charge is 0.322 e. The molecule has 1 amide bonds. The molecule has 3 aromatic rings. The Morgan fingerprint density at radius 2 is 1.71 bits per heavy atom. The number of likely N-dealkylation sites (tertiary alicyclic amines) is 1. The summed E-state index contributed by atoms with van der Waals surface area (Å²) < 4.78 is 28.3. The van der Waals surface area contributed by atoms with E-state index < -0.39 is 15.9 Å². The molecule has 34 heavy (non-hydrogen) atoms. The van der Waals surface area contributed by atoms with Gasteiger partial charge in [-0.2, -0.15) is 0 Å². The van der Waals surface area contributed by atoms with Crippen LogP contribution >= 0.6 is 11.6 Å². The summed E-state index contributed by atoms with van der Waals surface area (Å²) in [5, 5.41) is 2.99. The lowest BCUT2D eigenvalue weighted by molar-refractivity contribution is 0.102. The van der Waals surface area contributed by atoms with E-state index in [1.165, 1.54) is 49.7 Å². The second-order valence-electron chi connectivity index (χ2n) is 8.57. The van der Waals surface area contributed by atoms with Crippen LogP contribution in [0.1, 0.15) is 34.3 Å². The average Bonchev–Trinajstić information content (AvgIpc) is 3.32. The summed E-state index contributed by atoms with van der Waals surface area (Å²) >= 11 is 6.24. The van der Waals surface area contributed by atoms with Crippen molar-refractivity contribution in [1.82, 2.24) is 4.90 Å². The van der Waals surface area contributed by atoms with E-state index in [0.29, 0.717) is 11.4 Å². The molecule has 6 nitrogen and oxygen atoms in total. The maximum atomic E-state index is 12.9. The Bertz CT molecular complexity index is 1270. The zero-order valence-corrected chi connectivity index (χ0v) is 20.6. The van der Waals surface area contributed by atoms with Gasteiger partial charge in [-0.3, -0.25) is 9.52 Å². The van der Waals surface area contributed by atoms with Gasteiger partial charge in [-0.1, -0.05) is 35.9 Å². The lowest BCUT2D eigenvalue weighted by Crippen LogP contribution is -2.21. The molecular formula is C26H28ClN3O3S. The number of halogens is 1. The minimum Gasteiger partial charge on any atom is -0.322 e. The first-order chi connectivity index (χ1) is 16.3. The monoisotopic (exact) mass is 497 g/mol. The van der Waals surface area contributed by atoms with Gasteiger partial charge in [0.15, 0.2) is 0 Å². The van der Waals surface area contributed by atoms with Crippen LogP contribution in [0.15, 0.2) is 71.6 Å². The molecule has 0 bridgehead atoms. The van der Waals surface area contributed by atoms with Gasteiger partial charge in [0.2, 0.25) is 0 Å². The number of carbonyl (C=O) groups is 1. The summed E-state index contributed by atoms with van der Waals surface area (Å²) in [6.45, 7) is 5.26. The molecule has 0 radical (unpaired) electrons. The van der Waals surface area contributed by atoms with E-state index in [0.717, 1.165) is 18.5 Å². The number of hydrogen-bond donors (Lipinski definition) is 2. The number of rotatable bonds is 8. The summed E-state index contributed by atoms with van der Waals surface area (Å²) in [5.41, 5.74) is 3.30. The van der Waals surface area contributed by atoms with Crippen molar-refractivity contribution in [3.8, 4) is 0 Å². The minimum absolute atomic E-state index is 0.0409. The van der Waals surface area contributed by atoms with Crippen LogP contribution in [0.3, 0.4) is 0 Å². The Labute approximate surface area is 206 Å². The highest BCUT2D eigenvalue weighted by Crippen LogP contribution is 2.24. The molecule has 1 saturated heterocycles. The van der Waals surface area contributed by atoms with Crippen LogP contribution in [-0.2, 0) is 16.4 Å².